The number of nitrogens with two attached hydrogens (primary N) is 1. The SMILES string of the molecule is CCCC(CN)CCC1CCC1. The molecule has 1 aliphatic carbocycles. The summed E-state index contributed by atoms with van der Waals surface area (Å²) >= 11 is 0. The summed E-state index contributed by atoms with van der Waals surface area (Å²) in [6.45, 7) is 3.16. The van der Waals surface area contributed by atoms with Gasteiger partial charge in [-0.15, -0.1) is 0 Å². The first-order valence-corrected chi connectivity index (χ1v) is 5.56. The minimum atomic E-state index is 0.815. The molecule has 0 bridgehead atoms. The first kappa shape index (κ1) is 10.0. The van der Waals surface area contributed by atoms with Gasteiger partial charge in [-0.2, -0.15) is 0 Å². The van der Waals surface area contributed by atoms with Crippen molar-refractivity contribution in [1.29, 1.82) is 0 Å². The third kappa shape index (κ3) is 3.14. The minimum Gasteiger partial charge on any atom is -0.330 e. The second-order valence-electron chi connectivity index (χ2n) is 4.26. The molecule has 0 spiro atoms. The van der Waals surface area contributed by atoms with Crippen LogP contribution in [-0.4, -0.2) is 6.54 Å². The summed E-state index contributed by atoms with van der Waals surface area (Å²) in [5.41, 5.74) is 5.70. The smallest absolute Gasteiger partial charge is 0.00489 e. The fourth-order valence-electron chi connectivity index (χ4n) is 2.04. The Labute approximate surface area is 76.7 Å². The molecule has 0 aromatic rings. The molecule has 0 amide bonds. The van der Waals surface area contributed by atoms with Gasteiger partial charge in [-0.3, -0.25) is 0 Å². The quantitative estimate of drug-likeness (QED) is 0.650. The summed E-state index contributed by atoms with van der Waals surface area (Å²) in [7, 11) is 0. The Bertz CT molecular complexity index is 108. The van der Waals surface area contributed by atoms with Gasteiger partial charge in [-0.05, 0) is 31.2 Å². The van der Waals surface area contributed by atoms with E-state index in [9.17, 15) is 0 Å². The van der Waals surface area contributed by atoms with Crippen molar-refractivity contribution in [3.63, 3.8) is 0 Å². The van der Waals surface area contributed by atoms with Gasteiger partial charge in [0.1, 0.15) is 0 Å². The number of rotatable bonds is 6. The molecule has 0 aromatic carbocycles. The van der Waals surface area contributed by atoms with E-state index in [2.05, 4.69) is 6.92 Å². The van der Waals surface area contributed by atoms with Crippen LogP contribution in [0, 0.1) is 11.8 Å². The Balaban J connectivity index is 2.01. The second-order valence-corrected chi connectivity index (χ2v) is 4.26. The van der Waals surface area contributed by atoms with E-state index in [1.54, 1.807) is 0 Å². The van der Waals surface area contributed by atoms with Crippen molar-refractivity contribution in [1.82, 2.24) is 0 Å². The highest BCUT2D eigenvalue weighted by molar-refractivity contribution is 4.71. The van der Waals surface area contributed by atoms with E-state index in [0.717, 1.165) is 18.4 Å². The zero-order valence-electron chi connectivity index (χ0n) is 8.39. The van der Waals surface area contributed by atoms with Crippen LogP contribution >= 0.6 is 0 Å². The standard InChI is InChI=1S/C11H23N/c1-2-4-11(9-12)8-7-10-5-3-6-10/h10-11H,2-9,12H2,1H3. The van der Waals surface area contributed by atoms with E-state index < -0.39 is 0 Å². The normalized spacial score (nSPS) is 20.5. The molecule has 1 unspecified atom stereocenters. The first-order chi connectivity index (χ1) is 5.86. The van der Waals surface area contributed by atoms with Gasteiger partial charge in [0.2, 0.25) is 0 Å². The summed E-state index contributed by atoms with van der Waals surface area (Å²) in [6.07, 6.45) is 9.92. The van der Waals surface area contributed by atoms with Crippen molar-refractivity contribution in [3.05, 3.63) is 0 Å². The van der Waals surface area contributed by atoms with E-state index in [1.807, 2.05) is 0 Å². The van der Waals surface area contributed by atoms with Gasteiger partial charge in [0, 0.05) is 0 Å². The highest BCUT2D eigenvalue weighted by Crippen LogP contribution is 2.32. The van der Waals surface area contributed by atoms with Crippen molar-refractivity contribution in [2.24, 2.45) is 17.6 Å². The van der Waals surface area contributed by atoms with Crippen molar-refractivity contribution < 1.29 is 0 Å². The number of hydrogen-bond acceptors (Lipinski definition) is 1. The molecule has 1 rings (SSSR count). The van der Waals surface area contributed by atoms with Crippen LogP contribution in [0.15, 0.2) is 0 Å². The molecule has 1 atom stereocenters. The van der Waals surface area contributed by atoms with Crippen LogP contribution in [0.3, 0.4) is 0 Å². The Morgan fingerprint density at radius 3 is 2.50 bits per heavy atom. The Kier molecular flexibility index (Phi) is 4.67. The molecule has 72 valence electrons. The average Bonchev–Trinajstić information content (AvgIpc) is 2.00. The Morgan fingerprint density at radius 2 is 2.08 bits per heavy atom. The molecule has 0 aliphatic heterocycles. The van der Waals surface area contributed by atoms with E-state index in [4.69, 9.17) is 5.73 Å². The molecule has 1 heteroatoms. The van der Waals surface area contributed by atoms with E-state index in [-0.39, 0.29) is 0 Å². The summed E-state index contributed by atoms with van der Waals surface area (Å²) in [5.74, 6) is 1.88. The number of hydrogen-bond donors (Lipinski definition) is 1. The van der Waals surface area contributed by atoms with Crippen LogP contribution in [-0.2, 0) is 0 Å². The van der Waals surface area contributed by atoms with Crippen molar-refractivity contribution in [2.45, 2.75) is 51.9 Å². The maximum absolute atomic E-state index is 5.70. The molecule has 1 fully saturated rings. The lowest BCUT2D eigenvalue weighted by Gasteiger charge is -2.26. The van der Waals surface area contributed by atoms with E-state index in [0.29, 0.717) is 0 Å². The first-order valence-electron chi connectivity index (χ1n) is 5.56. The third-order valence-corrected chi connectivity index (χ3v) is 3.24. The molecule has 0 heterocycles. The molecular formula is C11H23N. The van der Waals surface area contributed by atoms with Gasteiger partial charge in [0.15, 0.2) is 0 Å². The molecule has 2 N–H and O–H groups in total. The molecular weight excluding hydrogens is 146 g/mol. The van der Waals surface area contributed by atoms with Crippen molar-refractivity contribution >= 4 is 0 Å². The topological polar surface area (TPSA) is 26.0 Å². The van der Waals surface area contributed by atoms with Gasteiger partial charge in [0.05, 0.1) is 0 Å². The summed E-state index contributed by atoms with van der Waals surface area (Å²) in [5, 5.41) is 0. The fourth-order valence-corrected chi connectivity index (χ4v) is 2.04. The van der Waals surface area contributed by atoms with E-state index >= 15 is 0 Å². The lowest BCUT2D eigenvalue weighted by molar-refractivity contribution is 0.266. The van der Waals surface area contributed by atoms with Gasteiger partial charge < -0.3 is 5.73 Å². The largest absolute Gasteiger partial charge is 0.330 e. The van der Waals surface area contributed by atoms with E-state index in [1.165, 1.54) is 44.9 Å². The van der Waals surface area contributed by atoms with Crippen LogP contribution in [0.2, 0.25) is 0 Å². The molecule has 0 saturated heterocycles. The summed E-state index contributed by atoms with van der Waals surface area (Å²) in [6, 6.07) is 0. The average molecular weight is 169 g/mol. The van der Waals surface area contributed by atoms with Crippen LogP contribution in [0.25, 0.3) is 0 Å². The molecule has 0 radical (unpaired) electrons. The zero-order chi connectivity index (χ0) is 8.81. The van der Waals surface area contributed by atoms with Crippen LogP contribution in [0.1, 0.15) is 51.9 Å². The van der Waals surface area contributed by atoms with Crippen molar-refractivity contribution in [3.8, 4) is 0 Å². The predicted octanol–water partition coefficient (Wildman–Crippen LogP) is 2.94. The van der Waals surface area contributed by atoms with Gasteiger partial charge in [-0.1, -0.05) is 39.0 Å². The maximum atomic E-state index is 5.70. The molecule has 12 heavy (non-hydrogen) atoms. The molecule has 1 aliphatic rings. The second kappa shape index (κ2) is 5.58. The Hall–Kier alpha value is -0.0400. The van der Waals surface area contributed by atoms with Gasteiger partial charge in [0.25, 0.3) is 0 Å². The minimum absolute atomic E-state index is 0.815. The fraction of sp³-hybridized carbons (Fsp3) is 1.00. The highest BCUT2D eigenvalue weighted by atomic mass is 14.5. The van der Waals surface area contributed by atoms with Gasteiger partial charge >= 0.3 is 0 Å². The van der Waals surface area contributed by atoms with Crippen molar-refractivity contribution in [2.75, 3.05) is 6.54 Å². The monoisotopic (exact) mass is 169 g/mol. The maximum Gasteiger partial charge on any atom is -0.00489 e. The van der Waals surface area contributed by atoms with Gasteiger partial charge in [-0.25, -0.2) is 0 Å². The third-order valence-electron chi connectivity index (χ3n) is 3.24. The zero-order valence-corrected chi connectivity index (χ0v) is 8.39. The van der Waals surface area contributed by atoms with Crippen LogP contribution in [0.5, 0.6) is 0 Å². The summed E-state index contributed by atoms with van der Waals surface area (Å²) in [4.78, 5) is 0. The lowest BCUT2D eigenvalue weighted by atomic mass is 9.80. The molecule has 1 saturated carbocycles. The lowest BCUT2D eigenvalue weighted by Crippen LogP contribution is -2.18. The molecule has 0 aromatic heterocycles. The summed E-state index contributed by atoms with van der Waals surface area (Å²) < 4.78 is 0. The van der Waals surface area contributed by atoms with Crippen LogP contribution in [0.4, 0.5) is 0 Å². The van der Waals surface area contributed by atoms with Crippen LogP contribution < -0.4 is 5.73 Å². The highest BCUT2D eigenvalue weighted by Gasteiger charge is 2.18. The molecule has 1 nitrogen and oxygen atoms in total. The predicted molar refractivity (Wildman–Crippen MR) is 54.0 cm³/mol. The Morgan fingerprint density at radius 1 is 1.33 bits per heavy atom.